The first-order valence-corrected chi connectivity index (χ1v) is 12.3. The first-order valence-electron chi connectivity index (χ1n) is 12.3. The van der Waals surface area contributed by atoms with E-state index >= 15 is 0 Å². The zero-order valence-corrected chi connectivity index (χ0v) is 20.7. The Morgan fingerprint density at radius 2 is 1.81 bits per heavy atom. The number of halogens is 1. The second-order valence-corrected chi connectivity index (χ2v) is 9.49. The molecule has 0 amide bonds. The third-order valence-corrected chi connectivity index (χ3v) is 6.55. The smallest absolute Gasteiger partial charge is 0.267 e. The van der Waals surface area contributed by atoms with Gasteiger partial charge in [0.1, 0.15) is 5.82 Å². The molecule has 3 heterocycles. The second-order valence-electron chi connectivity index (χ2n) is 9.49. The Kier molecular flexibility index (Phi) is 7.23. The van der Waals surface area contributed by atoms with Crippen molar-refractivity contribution in [3.05, 3.63) is 88.7 Å². The molecule has 1 aliphatic rings. The van der Waals surface area contributed by atoms with Gasteiger partial charge < -0.3 is 15.4 Å². The second kappa shape index (κ2) is 10.9. The van der Waals surface area contributed by atoms with E-state index in [0.29, 0.717) is 41.0 Å². The highest BCUT2D eigenvalue weighted by molar-refractivity contribution is 5.63. The predicted molar refractivity (Wildman–Crippen MR) is 141 cm³/mol. The molecule has 1 saturated heterocycles. The number of hydrogen-bond acceptors (Lipinski definition) is 7. The normalized spacial score (nSPS) is 14.5. The van der Waals surface area contributed by atoms with E-state index in [1.807, 2.05) is 24.3 Å². The van der Waals surface area contributed by atoms with Crippen molar-refractivity contribution in [2.45, 2.75) is 19.4 Å². The molecular weight excluding hydrogens is 471 g/mol. The summed E-state index contributed by atoms with van der Waals surface area (Å²) in [6.45, 7) is 3.12. The lowest BCUT2D eigenvalue weighted by Gasteiger charge is -2.28. The number of aromatic nitrogens is 4. The summed E-state index contributed by atoms with van der Waals surface area (Å²) < 4.78 is 21.1. The van der Waals surface area contributed by atoms with Crippen LogP contribution < -0.4 is 16.0 Å². The maximum Gasteiger partial charge on any atom is 0.267 e. The third kappa shape index (κ3) is 6.18. The molecule has 2 aromatic carbocycles. The van der Waals surface area contributed by atoms with E-state index < -0.39 is 5.82 Å². The number of nitrogens with two attached hydrogens (primary N) is 1. The Morgan fingerprint density at radius 1 is 1.03 bits per heavy atom. The summed E-state index contributed by atoms with van der Waals surface area (Å²) >= 11 is 0. The van der Waals surface area contributed by atoms with Crippen LogP contribution in [0.1, 0.15) is 18.4 Å². The van der Waals surface area contributed by atoms with Crippen LogP contribution in [0.5, 0.6) is 5.75 Å². The fraction of sp³-hybridized carbons (Fsp3) is 0.286. The van der Waals surface area contributed by atoms with E-state index in [-0.39, 0.29) is 12.1 Å². The largest absolute Gasteiger partial charge is 0.490 e. The van der Waals surface area contributed by atoms with E-state index in [9.17, 15) is 9.18 Å². The molecule has 9 heteroatoms. The lowest BCUT2D eigenvalue weighted by atomic mass is 9.98. The fourth-order valence-electron chi connectivity index (χ4n) is 4.44. The third-order valence-electron chi connectivity index (χ3n) is 6.55. The Morgan fingerprint density at radius 3 is 2.57 bits per heavy atom. The molecule has 1 aliphatic heterocycles. The average Bonchev–Trinajstić information content (AvgIpc) is 2.89. The monoisotopic (exact) mass is 500 g/mol. The Hall–Kier alpha value is -4.11. The van der Waals surface area contributed by atoms with Crippen LogP contribution in [0.2, 0.25) is 0 Å². The molecule has 0 radical (unpaired) electrons. The van der Waals surface area contributed by atoms with Crippen molar-refractivity contribution in [1.29, 1.82) is 0 Å². The Balaban J connectivity index is 1.28. The minimum absolute atomic E-state index is 0.239. The van der Waals surface area contributed by atoms with Crippen molar-refractivity contribution in [3.8, 4) is 28.4 Å². The summed E-state index contributed by atoms with van der Waals surface area (Å²) in [7, 11) is 2.15. The van der Waals surface area contributed by atoms with Crippen LogP contribution in [-0.2, 0) is 6.54 Å². The van der Waals surface area contributed by atoms with Gasteiger partial charge in [-0.15, -0.1) is 0 Å². The van der Waals surface area contributed by atoms with Crippen LogP contribution in [0.3, 0.4) is 0 Å². The molecule has 0 saturated carbocycles. The molecule has 0 atom stereocenters. The van der Waals surface area contributed by atoms with Gasteiger partial charge >= 0.3 is 0 Å². The van der Waals surface area contributed by atoms with E-state index in [4.69, 9.17) is 10.5 Å². The summed E-state index contributed by atoms with van der Waals surface area (Å²) in [5, 5.41) is 4.43. The van der Waals surface area contributed by atoms with Crippen molar-refractivity contribution in [2.75, 3.05) is 32.5 Å². The molecule has 2 N–H and O–H groups in total. The van der Waals surface area contributed by atoms with Gasteiger partial charge in [-0.05, 0) is 74.8 Å². The summed E-state index contributed by atoms with van der Waals surface area (Å²) in [4.78, 5) is 23.8. The molecular formula is C28H29FN6O2. The van der Waals surface area contributed by atoms with Crippen molar-refractivity contribution in [3.63, 3.8) is 0 Å². The van der Waals surface area contributed by atoms with Crippen LogP contribution in [0.15, 0.2) is 71.8 Å². The molecule has 37 heavy (non-hydrogen) atoms. The van der Waals surface area contributed by atoms with Gasteiger partial charge in [-0.3, -0.25) is 4.79 Å². The summed E-state index contributed by atoms with van der Waals surface area (Å²) in [6, 6.07) is 14.8. The van der Waals surface area contributed by atoms with Crippen molar-refractivity contribution < 1.29 is 9.13 Å². The van der Waals surface area contributed by atoms with Gasteiger partial charge in [-0.2, -0.15) is 5.10 Å². The highest BCUT2D eigenvalue weighted by Crippen LogP contribution is 2.22. The molecule has 8 nitrogen and oxygen atoms in total. The molecule has 1 fully saturated rings. The molecule has 0 unspecified atom stereocenters. The van der Waals surface area contributed by atoms with Crippen molar-refractivity contribution >= 4 is 5.69 Å². The van der Waals surface area contributed by atoms with Crippen LogP contribution in [0.25, 0.3) is 22.6 Å². The molecule has 4 aromatic rings. The summed E-state index contributed by atoms with van der Waals surface area (Å²) in [5.74, 6) is 1.32. The minimum atomic E-state index is -0.458. The maximum atomic E-state index is 13.8. The number of benzene rings is 2. The Bertz CT molecular complexity index is 1410. The maximum absolute atomic E-state index is 13.8. The van der Waals surface area contributed by atoms with Gasteiger partial charge in [0, 0.05) is 22.9 Å². The number of nitrogen functional groups attached to an aromatic ring is 1. The van der Waals surface area contributed by atoms with Crippen LogP contribution >= 0.6 is 0 Å². The lowest BCUT2D eigenvalue weighted by molar-refractivity contribution is 0.159. The van der Waals surface area contributed by atoms with Gasteiger partial charge in [0.2, 0.25) is 0 Å². The van der Waals surface area contributed by atoms with Gasteiger partial charge in [-0.1, -0.05) is 18.2 Å². The topological polar surface area (TPSA) is 99.2 Å². The zero-order valence-electron chi connectivity index (χ0n) is 20.7. The zero-order chi connectivity index (χ0) is 25.8. The van der Waals surface area contributed by atoms with Gasteiger partial charge in [-0.25, -0.2) is 19.0 Å². The molecule has 2 aromatic heterocycles. The molecule has 0 aliphatic carbocycles. The number of nitrogens with zero attached hydrogens (tertiary/aromatic N) is 5. The molecule has 190 valence electrons. The number of likely N-dealkylation sites (tertiary alicyclic amines) is 1. The number of ether oxygens (including phenoxy) is 1. The predicted octanol–water partition coefficient (Wildman–Crippen LogP) is 3.86. The van der Waals surface area contributed by atoms with Gasteiger partial charge in [0.25, 0.3) is 5.56 Å². The van der Waals surface area contributed by atoms with Crippen LogP contribution in [-0.4, -0.2) is 51.4 Å². The summed E-state index contributed by atoms with van der Waals surface area (Å²) in [6.07, 6.45) is 5.67. The number of hydrogen-bond donors (Lipinski definition) is 1. The van der Waals surface area contributed by atoms with Gasteiger partial charge in [0.05, 0.1) is 31.2 Å². The van der Waals surface area contributed by atoms with Gasteiger partial charge in [0.15, 0.2) is 11.6 Å². The highest BCUT2D eigenvalue weighted by Gasteiger charge is 2.17. The van der Waals surface area contributed by atoms with Crippen LogP contribution in [0, 0.1) is 11.7 Å². The standard InChI is InChI=1S/C28H29FN6O2/c1-34-9-7-19(8-10-34)18-37-25-15-31-28(32-16-25)21-4-2-3-20(11-21)17-35-27(36)6-5-26(33-35)22-12-23(29)14-24(30)13-22/h2-6,11-16,19H,7-10,17-18,30H2,1H3. The summed E-state index contributed by atoms with van der Waals surface area (Å²) in [5.41, 5.74) is 8.44. The number of rotatable bonds is 7. The number of piperidine rings is 1. The first-order chi connectivity index (χ1) is 17.9. The van der Waals surface area contributed by atoms with E-state index in [1.165, 1.54) is 22.9 Å². The fourth-order valence-corrected chi connectivity index (χ4v) is 4.44. The van der Waals surface area contributed by atoms with E-state index in [0.717, 1.165) is 37.1 Å². The molecule has 0 spiro atoms. The molecule has 5 rings (SSSR count). The SMILES string of the molecule is CN1CCC(COc2cnc(-c3cccc(Cn4nc(-c5cc(N)cc(F)c5)ccc4=O)c3)nc2)CC1. The van der Waals surface area contributed by atoms with E-state index in [2.05, 4.69) is 27.0 Å². The highest BCUT2D eigenvalue weighted by atomic mass is 19.1. The van der Waals surface area contributed by atoms with E-state index in [1.54, 1.807) is 24.5 Å². The molecule has 0 bridgehead atoms. The lowest BCUT2D eigenvalue weighted by Crippen LogP contribution is -2.32. The van der Waals surface area contributed by atoms with Crippen molar-refractivity contribution in [2.24, 2.45) is 5.92 Å². The minimum Gasteiger partial charge on any atom is -0.490 e. The number of anilines is 1. The van der Waals surface area contributed by atoms with Crippen molar-refractivity contribution in [1.82, 2.24) is 24.6 Å². The first kappa shape index (κ1) is 24.6. The Labute approximate surface area is 214 Å². The van der Waals surface area contributed by atoms with Crippen LogP contribution in [0.4, 0.5) is 10.1 Å². The average molecular weight is 501 g/mol. The quantitative estimate of drug-likeness (QED) is 0.385.